The predicted octanol–water partition coefficient (Wildman–Crippen LogP) is 3.95. The molecule has 1 aromatic carbocycles. The molecule has 0 aliphatic carbocycles. The third kappa shape index (κ3) is 5.61. The molecule has 1 fully saturated rings. The zero-order valence-electron chi connectivity index (χ0n) is 17.0. The third-order valence-electron chi connectivity index (χ3n) is 4.84. The third-order valence-corrected chi connectivity index (χ3v) is 5.39. The average Bonchev–Trinajstić information content (AvgIpc) is 2.73. The number of rotatable bonds is 6. The van der Waals surface area contributed by atoms with Gasteiger partial charge in [-0.2, -0.15) is 0 Å². The van der Waals surface area contributed by atoms with Crippen molar-refractivity contribution < 1.29 is 14.3 Å². The Kier molecular flexibility index (Phi) is 7.50. The van der Waals surface area contributed by atoms with Crippen LogP contribution in [0.1, 0.15) is 41.1 Å². The Labute approximate surface area is 185 Å². The van der Waals surface area contributed by atoms with Gasteiger partial charge in [0.1, 0.15) is 0 Å². The summed E-state index contributed by atoms with van der Waals surface area (Å²) in [7, 11) is 0. The molecule has 9 heteroatoms. The molecular formula is C21H24Cl2N4O3. The number of carbonyl (C=O) groups excluding carboxylic acids is 2. The standard InChI is InChI=1S/C21H24Cl2N4O3/c1-14(2)7-12-30-21(29)18-5-6-19(25-24-18)26-8-10-27(11-9-26)20(28)16-4-3-15(22)13-17(16)23/h3-6,13-14H,7-12H2,1-2H3. The van der Waals surface area contributed by atoms with Gasteiger partial charge in [-0.1, -0.05) is 37.0 Å². The molecule has 2 aromatic rings. The summed E-state index contributed by atoms with van der Waals surface area (Å²) in [6, 6.07) is 8.23. The van der Waals surface area contributed by atoms with Crippen molar-refractivity contribution >= 4 is 40.9 Å². The van der Waals surface area contributed by atoms with E-state index in [1.807, 2.05) is 4.90 Å². The van der Waals surface area contributed by atoms with Crippen LogP contribution < -0.4 is 4.90 Å². The number of ether oxygens (including phenoxy) is 1. The van der Waals surface area contributed by atoms with Crippen LogP contribution in [0.5, 0.6) is 0 Å². The maximum absolute atomic E-state index is 12.7. The van der Waals surface area contributed by atoms with Crippen LogP contribution in [0.25, 0.3) is 0 Å². The van der Waals surface area contributed by atoms with Crippen LogP contribution in [0.15, 0.2) is 30.3 Å². The van der Waals surface area contributed by atoms with Crippen LogP contribution in [-0.2, 0) is 4.74 Å². The van der Waals surface area contributed by atoms with Crippen LogP contribution in [0, 0.1) is 5.92 Å². The number of benzene rings is 1. The number of amides is 1. The van der Waals surface area contributed by atoms with Crippen molar-refractivity contribution in [1.29, 1.82) is 0 Å². The molecule has 1 amide bonds. The lowest BCUT2D eigenvalue weighted by Gasteiger charge is -2.35. The van der Waals surface area contributed by atoms with E-state index in [1.165, 1.54) is 0 Å². The predicted molar refractivity (Wildman–Crippen MR) is 116 cm³/mol. The van der Waals surface area contributed by atoms with Crippen LogP contribution >= 0.6 is 23.2 Å². The lowest BCUT2D eigenvalue weighted by atomic mass is 10.1. The van der Waals surface area contributed by atoms with Gasteiger partial charge in [-0.3, -0.25) is 4.79 Å². The summed E-state index contributed by atoms with van der Waals surface area (Å²) in [6.07, 6.45) is 0.807. The summed E-state index contributed by atoms with van der Waals surface area (Å²) in [5.41, 5.74) is 0.628. The second kappa shape index (κ2) is 10.1. The molecular weight excluding hydrogens is 427 g/mol. The summed E-state index contributed by atoms with van der Waals surface area (Å²) >= 11 is 12.1. The van der Waals surface area contributed by atoms with E-state index < -0.39 is 5.97 Å². The average molecular weight is 451 g/mol. The lowest BCUT2D eigenvalue weighted by molar-refractivity contribution is 0.0479. The van der Waals surface area contributed by atoms with Crippen molar-refractivity contribution in [2.24, 2.45) is 5.92 Å². The molecule has 0 saturated carbocycles. The first-order valence-corrected chi connectivity index (χ1v) is 10.6. The van der Waals surface area contributed by atoms with Crippen molar-refractivity contribution in [2.45, 2.75) is 20.3 Å². The molecule has 160 valence electrons. The summed E-state index contributed by atoms with van der Waals surface area (Å²) in [5, 5.41) is 8.99. The molecule has 0 N–H and O–H groups in total. The zero-order chi connectivity index (χ0) is 21.7. The number of nitrogens with zero attached hydrogens (tertiary/aromatic N) is 4. The van der Waals surface area contributed by atoms with Gasteiger partial charge in [-0.05, 0) is 42.7 Å². The van der Waals surface area contributed by atoms with E-state index in [0.29, 0.717) is 60.1 Å². The van der Waals surface area contributed by atoms with Crippen LogP contribution in [-0.4, -0.2) is 59.8 Å². The molecule has 0 bridgehead atoms. The maximum atomic E-state index is 12.7. The van der Waals surface area contributed by atoms with E-state index in [4.69, 9.17) is 27.9 Å². The number of hydrogen-bond donors (Lipinski definition) is 0. The van der Waals surface area contributed by atoms with Crippen molar-refractivity contribution in [2.75, 3.05) is 37.7 Å². The molecule has 0 unspecified atom stereocenters. The fraction of sp³-hybridized carbons (Fsp3) is 0.429. The first kappa shape index (κ1) is 22.3. The quantitative estimate of drug-likeness (QED) is 0.620. The molecule has 1 saturated heterocycles. The minimum absolute atomic E-state index is 0.123. The second-order valence-corrected chi connectivity index (χ2v) is 8.34. The van der Waals surface area contributed by atoms with Crippen LogP contribution in [0.4, 0.5) is 5.82 Å². The van der Waals surface area contributed by atoms with E-state index in [2.05, 4.69) is 24.0 Å². The molecule has 1 aromatic heterocycles. The Balaban J connectivity index is 1.54. The summed E-state index contributed by atoms with van der Waals surface area (Å²) < 4.78 is 5.21. The Morgan fingerprint density at radius 3 is 2.40 bits per heavy atom. The minimum atomic E-state index is -0.468. The van der Waals surface area contributed by atoms with Gasteiger partial charge >= 0.3 is 5.97 Å². The molecule has 0 atom stereocenters. The summed E-state index contributed by atoms with van der Waals surface area (Å²) in [4.78, 5) is 28.5. The highest BCUT2D eigenvalue weighted by Gasteiger charge is 2.24. The normalized spacial score (nSPS) is 14.2. The number of anilines is 1. The van der Waals surface area contributed by atoms with E-state index in [-0.39, 0.29) is 11.6 Å². The Morgan fingerprint density at radius 2 is 1.80 bits per heavy atom. The van der Waals surface area contributed by atoms with Gasteiger partial charge in [0.05, 0.1) is 17.2 Å². The number of hydrogen-bond acceptors (Lipinski definition) is 6. The highest BCUT2D eigenvalue weighted by Crippen LogP contribution is 2.23. The maximum Gasteiger partial charge on any atom is 0.358 e. The molecule has 3 rings (SSSR count). The van der Waals surface area contributed by atoms with Gasteiger partial charge in [0.2, 0.25) is 0 Å². The summed E-state index contributed by atoms with van der Waals surface area (Å²) in [6.45, 7) is 6.76. The Hall–Kier alpha value is -2.38. The Bertz CT molecular complexity index is 898. The SMILES string of the molecule is CC(C)CCOC(=O)c1ccc(N2CCN(C(=O)c3ccc(Cl)cc3Cl)CC2)nn1. The van der Waals surface area contributed by atoms with Gasteiger partial charge in [0.15, 0.2) is 11.5 Å². The zero-order valence-corrected chi connectivity index (χ0v) is 18.5. The van der Waals surface area contributed by atoms with Crippen molar-refractivity contribution in [1.82, 2.24) is 15.1 Å². The van der Waals surface area contributed by atoms with Crippen molar-refractivity contribution in [3.05, 3.63) is 51.6 Å². The molecule has 0 radical (unpaired) electrons. The molecule has 2 heterocycles. The van der Waals surface area contributed by atoms with E-state index in [0.717, 1.165) is 6.42 Å². The highest BCUT2D eigenvalue weighted by atomic mass is 35.5. The van der Waals surface area contributed by atoms with E-state index >= 15 is 0 Å². The molecule has 30 heavy (non-hydrogen) atoms. The van der Waals surface area contributed by atoms with Crippen LogP contribution in [0.3, 0.4) is 0 Å². The first-order chi connectivity index (χ1) is 14.3. The minimum Gasteiger partial charge on any atom is -0.461 e. The van der Waals surface area contributed by atoms with Crippen LogP contribution in [0.2, 0.25) is 10.0 Å². The fourth-order valence-corrected chi connectivity index (χ4v) is 3.53. The number of aromatic nitrogens is 2. The van der Waals surface area contributed by atoms with Gasteiger partial charge in [0.25, 0.3) is 5.91 Å². The monoisotopic (exact) mass is 450 g/mol. The van der Waals surface area contributed by atoms with Gasteiger partial charge in [-0.25, -0.2) is 4.79 Å². The number of carbonyl (C=O) groups is 2. The van der Waals surface area contributed by atoms with Crippen molar-refractivity contribution in [3.63, 3.8) is 0 Å². The fourth-order valence-electron chi connectivity index (χ4n) is 3.04. The smallest absolute Gasteiger partial charge is 0.358 e. The first-order valence-electron chi connectivity index (χ1n) is 9.85. The second-order valence-electron chi connectivity index (χ2n) is 7.50. The van der Waals surface area contributed by atoms with E-state index in [9.17, 15) is 9.59 Å². The Morgan fingerprint density at radius 1 is 1.07 bits per heavy atom. The van der Waals surface area contributed by atoms with Gasteiger partial charge < -0.3 is 14.5 Å². The van der Waals surface area contributed by atoms with Gasteiger partial charge in [0, 0.05) is 31.2 Å². The number of esters is 1. The highest BCUT2D eigenvalue weighted by molar-refractivity contribution is 6.36. The topological polar surface area (TPSA) is 75.6 Å². The largest absolute Gasteiger partial charge is 0.461 e. The van der Waals surface area contributed by atoms with E-state index in [1.54, 1.807) is 35.2 Å². The van der Waals surface area contributed by atoms with Crippen molar-refractivity contribution in [3.8, 4) is 0 Å². The molecule has 0 spiro atoms. The number of halogens is 2. The summed E-state index contributed by atoms with van der Waals surface area (Å²) in [5.74, 6) is 0.532. The molecule has 1 aliphatic heterocycles. The van der Waals surface area contributed by atoms with Gasteiger partial charge in [-0.15, -0.1) is 10.2 Å². The number of piperazine rings is 1. The molecule has 1 aliphatic rings. The molecule has 7 nitrogen and oxygen atoms in total. The lowest BCUT2D eigenvalue weighted by Crippen LogP contribution is -2.49.